The van der Waals surface area contributed by atoms with E-state index in [9.17, 15) is 9.59 Å². The first-order valence-corrected chi connectivity index (χ1v) is 12.4. The second kappa shape index (κ2) is 10.6. The van der Waals surface area contributed by atoms with Gasteiger partial charge in [-0.25, -0.2) is 4.98 Å². The zero-order valence-corrected chi connectivity index (χ0v) is 18.8. The predicted octanol–water partition coefficient (Wildman–Crippen LogP) is 4.00. The number of hydrogen-bond acceptors (Lipinski definition) is 5. The summed E-state index contributed by atoms with van der Waals surface area (Å²) in [7, 11) is 0. The van der Waals surface area contributed by atoms with Gasteiger partial charge in [-0.15, -0.1) is 23.1 Å². The molecule has 0 saturated carbocycles. The van der Waals surface area contributed by atoms with Crippen LogP contribution in [-0.4, -0.2) is 45.9 Å². The molecule has 0 aliphatic carbocycles. The largest absolute Gasteiger partial charge is 0.354 e. The molecule has 1 unspecified atom stereocenters. The van der Waals surface area contributed by atoms with Gasteiger partial charge in [-0.2, -0.15) is 0 Å². The first-order chi connectivity index (χ1) is 15.2. The summed E-state index contributed by atoms with van der Waals surface area (Å²) in [6, 6.07) is 19.7. The molecule has 7 heteroatoms. The zero-order chi connectivity index (χ0) is 21.5. The number of benzene rings is 2. The highest BCUT2D eigenvalue weighted by molar-refractivity contribution is 7.99. The van der Waals surface area contributed by atoms with Crippen LogP contribution in [0.3, 0.4) is 0 Å². The van der Waals surface area contributed by atoms with Gasteiger partial charge in [0, 0.05) is 36.1 Å². The van der Waals surface area contributed by atoms with Gasteiger partial charge in [0.05, 0.1) is 11.6 Å². The van der Waals surface area contributed by atoms with Gasteiger partial charge in [-0.05, 0) is 12.0 Å². The molecule has 31 heavy (non-hydrogen) atoms. The van der Waals surface area contributed by atoms with Crippen molar-refractivity contribution in [1.29, 1.82) is 0 Å². The molecular weight excluding hydrogens is 426 g/mol. The Morgan fingerprint density at radius 3 is 2.55 bits per heavy atom. The first kappa shape index (κ1) is 21.6. The van der Waals surface area contributed by atoms with Crippen molar-refractivity contribution in [2.24, 2.45) is 0 Å². The number of aromatic nitrogens is 1. The Morgan fingerprint density at radius 1 is 1.03 bits per heavy atom. The van der Waals surface area contributed by atoms with Crippen LogP contribution in [0.2, 0.25) is 0 Å². The van der Waals surface area contributed by atoms with Gasteiger partial charge in [0.1, 0.15) is 11.0 Å². The third kappa shape index (κ3) is 5.74. The van der Waals surface area contributed by atoms with E-state index in [0.29, 0.717) is 37.4 Å². The van der Waals surface area contributed by atoms with Crippen LogP contribution in [0.4, 0.5) is 0 Å². The molecule has 2 heterocycles. The molecule has 3 aromatic rings. The monoisotopic (exact) mass is 451 g/mol. The van der Waals surface area contributed by atoms with E-state index in [-0.39, 0.29) is 17.9 Å². The number of thiazole rings is 1. The number of nitrogens with zero attached hydrogens (tertiary/aromatic N) is 2. The fourth-order valence-corrected chi connectivity index (χ4v) is 5.55. The maximum absolute atomic E-state index is 12.7. The number of thioether (sulfide) groups is 1. The summed E-state index contributed by atoms with van der Waals surface area (Å²) in [5.74, 6) is 1.20. The maximum atomic E-state index is 12.7. The highest BCUT2D eigenvalue weighted by atomic mass is 32.2. The molecule has 2 aromatic carbocycles. The van der Waals surface area contributed by atoms with Crippen molar-refractivity contribution >= 4 is 34.9 Å². The lowest BCUT2D eigenvalue weighted by atomic mass is 10.1. The van der Waals surface area contributed by atoms with Crippen molar-refractivity contribution in [3.8, 4) is 10.6 Å². The Labute approximate surface area is 190 Å². The molecule has 2 amide bonds. The first-order valence-electron chi connectivity index (χ1n) is 10.4. The summed E-state index contributed by atoms with van der Waals surface area (Å²) in [4.78, 5) is 31.8. The highest BCUT2D eigenvalue weighted by Gasteiger charge is 2.34. The number of hydrogen-bond donors (Lipinski definition) is 1. The van der Waals surface area contributed by atoms with Gasteiger partial charge in [0.25, 0.3) is 0 Å². The Hall–Kier alpha value is -2.64. The Bertz CT molecular complexity index is 1010. The molecule has 1 aromatic heterocycles. The fraction of sp³-hybridized carbons (Fsp3) is 0.292. The molecule has 1 saturated heterocycles. The van der Waals surface area contributed by atoms with Crippen molar-refractivity contribution in [3.63, 3.8) is 0 Å². The van der Waals surface area contributed by atoms with Crippen LogP contribution in [-0.2, 0) is 22.4 Å². The number of carbonyl (C=O) groups is 2. The molecular formula is C24H25N3O2S2. The minimum atomic E-state index is -0.386. The van der Waals surface area contributed by atoms with Crippen LogP contribution in [0.25, 0.3) is 10.6 Å². The summed E-state index contributed by atoms with van der Waals surface area (Å²) >= 11 is 3.25. The second-order valence-corrected chi connectivity index (χ2v) is 9.27. The highest BCUT2D eigenvalue weighted by Crippen LogP contribution is 2.24. The number of rotatable bonds is 8. The molecule has 4 rings (SSSR count). The van der Waals surface area contributed by atoms with Gasteiger partial charge >= 0.3 is 0 Å². The molecule has 1 atom stereocenters. The summed E-state index contributed by atoms with van der Waals surface area (Å²) in [6.07, 6.45) is 1.80. The van der Waals surface area contributed by atoms with Gasteiger partial charge in [0.15, 0.2) is 0 Å². The van der Waals surface area contributed by atoms with E-state index in [1.54, 1.807) is 28.0 Å². The standard InChI is InChI=1S/C24H25N3O2S2/c28-22(12-11-18-7-3-1-4-8-18)27-17-30-16-21(27)23(29)25-14-13-20-15-31-24(26-20)19-9-5-2-6-10-19/h1-10,15,21H,11-14,16-17H2,(H,25,29). The zero-order valence-electron chi connectivity index (χ0n) is 17.2. The minimum absolute atomic E-state index is 0.0426. The van der Waals surface area contributed by atoms with Crippen molar-refractivity contribution in [1.82, 2.24) is 15.2 Å². The summed E-state index contributed by atoms with van der Waals surface area (Å²) in [5.41, 5.74) is 3.22. The number of amides is 2. The van der Waals surface area contributed by atoms with Crippen molar-refractivity contribution in [2.75, 3.05) is 18.2 Å². The number of carbonyl (C=O) groups excluding carboxylic acids is 2. The van der Waals surface area contributed by atoms with E-state index in [2.05, 4.69) is 10.3 Å². The normalized spacial score (nSPS) is 15.7. The minimum Gasteiger partial charge on any atom is -0.354 e. The van der Waals surface area contributed by atoms with Crippen LogP contribution in [0, 0.1) is 0 Å². The van der Waals surface area contributed by atoms with E-state index >= 15 is 0 Å². The average molecular weight is 452 g/mol. The third-order valence-electron chi connectivity index (χ3n) is 5.23. The van der Waals surface area contributed by atoms with Crippen molar-refractivity contribution in [2.45, 2.75) is 25.3 Å². The molecule has 0 spiro atoms. The Balaban J connectivity index is 1.25. The van der Waals surface area contributed by atoms with Gasteiger partial charge in [-0.1, -0.05) is 60.7 Å². The number of nitrogens with one attached hydrogen (secondary N) is 1. The smallest absolute Gasteiger partial charge is 0.243 e. The molecule has 0 bridgehead atoms. The second-order valence-electron chi connectivity index (χ2n) is 7.42. The van der Waals surface area contributed by atoms with Crippen molar-refractivity contribution in [3.05, 3.63) is 77.3 Å². The molecule has 1 fully saturated rings. The molecule has 5 nitrogen and oxygen atoms in total. The molecule has 160 valence electrons. The molecule has 1 aliphatic rings. The van der Waals surface area contributed by atoms with Gasteiger partial charge in [-0.3, -0.25) is 9.59 Å². The molecule has 0 radical (unpaired) electrons. The van der Waals surface area contributed by atoms with Crippen molar-refractivity contribution < 1.29 is 9.59 Å². The van der Waals surface area contributed by atoms with Crippen LogP contribution >= 0.6 is 23.1 Å². The van der Waals surface area contributed by atoms with Crippen LogP contribution in [0.15, 0.2) is 66.0 Å². The predicted molar refractivity (Wildman–Crippen MR) is 127 cm³/mol. The van der Waals surface area contributed by atoms with E-state index < -0.39 is 0 Å². The lowest BCUT2D eigenvalue weighted by molar-refractivity contribution is -0.138. The Morgan fingerprint density at radius 2 is 1.77 bits per heavy atom. The maximum Gasteiger partial charge on any atom is 0.243 e. The van der Waals surface area contributed by atoms with E-state index in [0.717, 1.165) is 21.8 Å². The SMILES string of the molecule is O=C(NCCc1csc(-c2ccccc2)n1)C1CSCN1C(=O)CCc1ccccc1. The van der Waals surface area contributed by atoms with Crippen LogP contribution in [0.5, 0.6) is 0 Å². The van der Waals surface area contributed by atoms with Gasteiger partial charge in [0.2, 0.25) is 11.8 Å². The molecule has 1 N–H and O–H groups in total. The fourth-order valence-electron chi connectivity index (χ4n) is 3.51. The van der Waals surface area contributed by atoms with E-state index in [1.165, 1.54) is 0 Å². The van der Waals surface area contributed by atoms with Gasteiger partial charge < -0.3 is 10.2 Å². The van der Waals surface area contributed by atoms with Crippen LogP contribution < -0.4 is 5.32 Å². The average Bonchev–Trinajstić information content (AvgIpc) is 3.49. The summed E-state index contributed by atoms with van der Waals surface area (Å²) < 4.78 is 0. The lowest BCUT2D eigenvalue weighted by Gasteiger charge is -2.23. The van der Waals surface area contributed by atoms with E-state index in [4.69, 9.17) is 0 Å². The van der Waals surface area contributed by atoms with E-state index in [1.807, 2.05) is 66.0 Å². The third-order valence-corrected chi connectivity index (χ3v) is 7.18. The van der Waals surface area contributed by atoms with Crippen LogP contribution in [0.1, 0.15) is 17.7 Å². The number of aryl methyl sites for hydroxylation is 1. The summed E-state index contributed by atoms with van der Waals surface area (Å²) in [6.45, 7) is 0.518. The quantitative estimate of drug-likeness (QED) is 0.562. The molecule has 1 aliphatic heterocycles. The Kier molecular flexibility index (Phi) is 7.38. The lowest BCUT2D eigenvalue weighted by Crippen LogP contribution is -2.47. The summed E-state index contributed by atoms with van der Waals surface area (Å²) in [5, 5.41) is 6.03. The topological polar surface area (TPSA) is 62.3 Å².